The minimum atomic E-state index is -0.921. The van der Waals surface area contributed by atoms with Gasteiger partial charge in [-0.1, -0.05) is 13.8 Å². The van der Waals surface area contributed by atoms with Crippen molar-refractivity contribution in [2.24, 2.45) is 5.92 Å². The Kier molecular flexibility index (Phi) is 10.2. The van der Waals surface area contributed by atoms with E-state index in [1.54, 1.807) is 0 Å². The molecule has 3 heteroatoms. The number of hydrogen-bond acceptors (Lipinski definition) is 2. The summed E-state index contributed by atoms with van der Waals surface area (Å²) in [6.07, 6.45) is 1.36. The van der Waals surface area contributed by atoms with E-state index in [-0.39, 0.29) is 57.3 Å². The standard InChI is InChI=1S/C6H12O2.K/c1-3-5(4-2)6(7)8;/h5H,3-4H2,1-2H3,(H,7,8);/q;+1/p-1. The summed E-state index contributed by atoms with van der Waals surface area (Å²) in [5.74, 6) is -1.16. The molecule has 0 aromatic carbocycles. The Morgan fingerprint density at radius 2 is 1.78 bits per heavy atom. The van der Waals surface area contributed by atoms with Crippen LogP contribution in [0.3, 0.4) is 0 Å². The first-order chi connectivity index (χ1) is 3.72. The van der Waals surface area contributed by atoms with Gasteiger partial charge in [-0.05, 0) is 18.8 Å². The van der Waals surface area contributed by atoms with Crippen LogP contribution in [0.4, 0.5) is 0 Å². The van der Waals surface area contributed by atoms with Gasteiger partial charge in [0.25, 0.3) is 0 Å². The van der Waals surface area contributed by atoms with Crippen molar-refractivity contribution in [3.8, 4) is 0 Å². The van der Waals surface area contributed by atoms with Crippen LogP contribution in [0, 0.1) is 5.92 Å². The Morgan fingerprint density at radius 3 is 1.78 bits per heavy atom. The number of carboxylic acids is 1. The van der Waals surface area contributed by atoms with Crippen molar-refractivity contribution in [3.05, 3.63) is 0 Å². The molecule has 0 unspecified atom stereocenters. The molecule has 0 heterocycles. The molecular formula is C6H11KO2. The first kappa shape index (κ1) is 12.8. The van der Waals surface area contributed by atoms with E-state index in [9.17, 15) is 9.90 Å². The quantitative estimate of drug-likeness (QED) is 0.411. The third kappa shape index (κ3) is 5.55. The Labute approximate surface area is 98.4 Å². The molecule has 0 radical (unpaired) electrons. The van der Waals surface area contributed by atoms with Crippen LogP contribution in [0.5, 0.6) is 0 Å². The third-order valence-electron chi connectivity index (χ3n) is 1.32. The van der Waals surface area contributed by atoms with Crippen LogP contribution in [-0.2, 0) is 4.79 Å². The minimum Gasteiger partial charge on any atom is -0.550 e. The fourth-order valence-electron chi connectivity index (χ4n) is 0.622. The van der Waals surface area contributed by atoms with Gasteiger partial charge in [-0.2, -0.15) is 0 Å². The average Bonchev–Trinajstić information content (AvgIpc) is 1.69. The summed E-state index contributed by atoms with van der Waals surface area (Å²) in [6, 6.07) is 0. The maximum Gasteiger partial charge on any atom is 1.00 e. The second-order valence-electron chi connectivity index (χ2n) is 1.83. The molecule has 0 atom stereocenters. The van der Waals surface area contributed by atoms with Crippen LogP contribution >= 0.6 is 0 Å². The second-order valence-corrected chi connectivity index (χ2v) is 1.83. The average molecular weight is 154 g/mol. The molecular weight excluding hydrogens is 143 g/mol. The van der Waals surface area contributed by atoms with E-state index >= 15 is 0 Å². The fourth-order valence-corrected chi connectivity index (χ4v) is 0.622. The van der Waals surface area contributed by atoms with Crippen molar-refractivity contribution >= 4 is 5.97 Å². The first-order valence-corrected chi connectivity index (χ1v) is 2.93. The number of carboxylic acid groups (broad SMARTS) is 1. The Hall–Kier alpha value is 1.11. The molecule has 0 aliphatic carbocycles. The molecule has 0 aliphatic rings. The molecule has 0 aromatic heterocycles. The van der Waals surface area contributed by atoms with Gasteiger partial charge in [0.05, 0.1) is 0 Å². The number of aliphatic carboxylic acids is 1. The zero-order valence-corrected chi connectivity index (χ0v) is 9.43. The number of hydrogen-bond donors (Lipinski definition) is 0. The zero-order valence-electron chi connectivity index (χ0n) is 6.31. The summed E-state index contributed by atoms with van der Waals surface area (Å²) in [4.78, 5) is 10.1. The van der Waals surface area contributed by atoms with Gasteiger partial charge in [0.1, 0.15) is 0 Å². The molecule has 0 saturated carbocycles. The predicted octanol–water partition coefficient (Wildman–Crippen LogP) is -2.82. The molecule has 0 fully saturated rings. The third-order valence-corrected chi connectivity index (χ3v) is 1.32. The Morgan fingerprint density at radius 1 is 1.44 bits per heavy atom. The number of carbonyl (C=O) groups is 1. The van der Waals surface area contributed by atoms with Crippen LogP contribution in [-0.4, -0.2) is 5.97 Å². The maximum atomic E-state index is 10.1. The van der Waals surface area contributed by atoms with E-state index in [0.29, 0.717) is 12.8 Å². The van der Waals surface area contributed by atoms with Crippen LogP contribution in [0.25, 0.3) is 0 Å². The van der Waals surface area contributed by atoms with Gasteiger partial charge in [-0.15, -0.1) is 0 Å². The van der Waals surface area contributed by atoms with E-state index in [2.05, 4.69) is 0 Å². The molecule has 2 nitrogen and oxygen atoms in total. The van der Waals surface area contributed by atoms with Gasteiger partial charge in [0, 0.05) is 5.97 Å². The molecule has 48 valence electrons. The Balaban J connectivity index is 0. The van der Waals surface area contributed by atoms with E-state index in [4.69, 9.17) is 0 Å². The summed E-state index contributed by atoms with van der Waals surface area (Å²) in [5.41, 5.74) is 0. The van der Waals surface area contributed by atoms with Gasteiger partial charge < -0.3 is 9.90 Å². The largest absolute Gasteiger partial charge is 1.00 e. The molecule has 0 N–H and O–H groups in total. The fraction of sp³-hybridized carbons (Fsp3) is 0.833. The summed E-state index contributed by atoms with van der Waals surface area (Å²) in [7, 11) is 0. The smallest absolute Gasteiger partial charge is 0.550 e. The van der Waals surface area contributed by atoms with Crippen LogP contribution < -0.4 is 56.5 Å². The van der Waals surface area contributed by atoms with Gasteiger partial charge in [0.15, 0.2) is 0 Å². The predicted molar refractivity (Wildman–Crippen MR) is 29.1 cm³/mol. The van der Waals surface area contributed by atoms with E-state index in [1.165, 1.54) is 0 Å². The van der Waals surface area contributed by atoms with E-state index < -0.39 is 5.97 Å². The molecule has 0 spiro atoms. The van der Waals surface area contributed by atoms with Gasteiger partial charge in [0.2, 0.25) is 0 Å². The monoisotopic (exact) mass is 154 g/mol. The van der Waals surface area contributed by atoms with E-state index in [0.717, 1.165) is 0 Å². The molecule has 9 heavy (non-hydrogen) atoms. The molecule has 0 amide bonds. The summed E-state index contributed by atoms with van der Waals surface area (Å²) in [6.45, 7) is 3.70. The van der Waals surface area contributed by atoms with Gasteiger partial charge >= 0.3 is 51.4 Å². The van der Waals surface area contributed by atoms with Crippen LogP contribution in [0.15, 0.2) is 0 Å². The maximum absolute atomic E-state index is 10.1. The van der Waals surface area contributed by atoms with Crippen molar-refractivity contribution in [2.45, 2.75) is 26.7 Å². The summed E-state index contributed by atoms with van der Waals surface area (Å²) < 4.78 is 0. The molecule has 0 aromatic rings. The van der Waals surface area contributed by atoms with E-state index in [1.807, 2.05) is 13.8 Å². The molecule has 0 saturated heterocycles. The SMILES string of the molecule is CCC(CC)C(=O)[O-].[K+]. The van der Waals surface area contributed by atoms with Crippen molar-refractivity contribution in [1.29, 1.82) is 0 Å². The second kappa shape index (κ2) is 7.22. The molecule has 0 bridgehead atoms. The Bertz CT molecular complexity index is 79.1. The molecule has 0 rings (SSSR count). The minimum absolute atomic E-state index is 0. The van der Waals surface area contributed by atoms with Crippen LogP contribution in [0.2, 0.25) is 0 Å². The van der Waals surface area contributed by atoms with Crippen LogP contribution in [0.1, 0.15) is 26.7 Å². The number of rotatable bonds is 3. The van der Waals surface area contributed by atoms with Crippen molar-refractivity contribution in [2.75, 3.05) is 0 Å². The topological polar surface area (TPSA) is 40.1 Å². The molecule has 0 aliphatic heterocycles. The summed E-state index contributed by atoms with van der Waals surface area (Å²) in [5, 5.41) is 10.1. The van der Waals surface area contributed by atoms with Crippen molar-refractivity contribution in [1.82, 2.24) is 0 Å². The van der Waals surface area contributed by atoms with Gasteiger partial charge in [-0.25, -0.2) is 0 Å². The normalized spacial score (nSPS) is 8.78. The van der Waals surface area contributed by atoms with Crippen molar-refractivity contribution < 1.29 is 61.3 Å². The summed E-state index contributed by atoms with van der Waals surface area (Å²) >= 11 is 0. The first-order valence-electron chi connectivity index (χ1n) is 2.93. The zero-order chi connectivity index (χ0) is 6.57. The van der Waals surface area contributed by atoms with Crippen molar-refractivity contribution in [3.63, 3.8) is 0 Å². The number of carbonyl (C=O) groups excluding carboxylic acids is 1. The van der Waals surface area contributed by atoms with Gasteiger partial charge in [-0.3, -0.25) is 0 Å².